The molecule has 0 aromatic heterocycles. The zero-order valence-electron chi connectivity index (χ0n) is 11.1. The number of hydrogen-bond acceptors (Lipinski definition) is 2. The van der Waals surface area contributed by atoms with Crippen LogP contribution in [0.1, 0.15) is 20.8 Å². The van der Waals surface area contributed by atoms with E-state index in [-0.39, 0.29) is 9.81 Å². The Morgan fingerprint density at radius 1 is 0.944 bits per heavy atom. The molecule has 3 heteroatoms. The molecule has 0 saturated heterocycles. The molecule has 2 nitrogen and oxygen atoms in total. The second-order valence-corrected chi connectivity index (χ2v) is 5.33. The van der Waals surface area contributed by atoms with Crippen LogP contribution in [0, 0.1) is 0 Å². The summed E-state index contributed by atoms with van der Waals surface area (Å²) in [6, 6.07) is 0. The van der Waals surface area contributed by atoms with E-state index in [1.165, 1.54) is 6.08 Å². The first-order valence-electron chi connectivity index (χ1n) is 5.70. The van der Waals surface area contributed by atoms with Crippen molar-refractivity contribution in [2.75, 3.05) is 0 Å². The van der Waals surface area contributed by atoms with Crippen LogP contribution in [0.5, 0.6) is 0 Å². The molecule has 0 aliphatic carbocycles. The fourth-order valence-corrected chi connectivity index (χ4v) is 2.64. The summed E-state index contributed by atoms with van der Waals surface area (Å²) in [6.07, 6.45) is 14.6. The molecule has 0 spiro atoms. The molecule has 0 bridgehead atoms. The van der Waals surface area contributed by atoms with Crippen LogP contribution in [0.4, 0.5) is 0 Å². The molecule has 0 aliphatic rings. The van der Waals surface area contributed by atoms with Crippen molar-refractivity contribution in [3.8, 4) is 0 Å². The monoisotopic (exact) mass is 264 g/mol. The third kappa shape index (κ3) is 4.72. The molecule has 0 aromatic rings. The normalized spacial score (nSPS) is 15.1. The summed E-state index contributed by atoms with van der Waals surface area (Å²) in [4.78, 5) is 0.529. The minimum absolute atomic E-state index is 0.260. The first-order chi connectivity index (χ1) is 8.54. The van der Waals surface area contributed by atoms with Crippen molar-refractivity contribution in [1.29, 1.82) is 0 Å². The van der Waals surface area contributed by atoms with E-state index in [2.05, 4.69) is 6.58 Å². The topological polar surface area (TPSA) is 34.1 Å². The van der Waals surface area contributed by atoms with Gasteiger partial charge in [0.15, 0.2) is 0 Å². The number of hydrogen-bond donors (Lipinski definition) is 0. The molecule has 0 radical (unpaired) electrons. The van der Waals surface area contributed by atoms with Crippen LogP contribution in [-0.4, -0.2) is 8.42 Å². The maximum Gasteiger partial charge on any atom is 0.206 e. The Hall–Kier alpha value is -1.61. The summed E-state index contributed by atoms with van der Waals surface area (Å²) in [5.74, 6) is 0. The molecular formula is C15H20O2S. The number of rotatable bonds is 6. The van der Waals surface area contributed by atoms with E-state index in [4.69, 9.17) is 0 Å². The summed E-state index contributed by atoms with van der Waals surface area (Å²) in [6.45, 7) is 8.85. The van der Waals surface area contributed by atoms with Crippen LogP contribution in [0.2, 0.25) is 0 Å². The zero-order valence-corrected chi connectivity index (χ0v) is 11.9. The summed E-state index contributed by atoms with van der Waals surface area (Å²) in [7, 11) is -3.47. The van der Waals surface area contributed by atoms with E-state index in [0.29, 0.717) is 0 Å². The Morgan fingerprint density at radius 3 is 2.06 bits per heavy atom. The van der Waals surface area contributed by atoms with Gasteiger partial charge >= 0.3 is 0 Å². The largest absolute Gasteiger partial charge is 0.219 e. The van der Waals surface area contributed by atoms with E-state index >= 15 is 0 Å². The highest BCUT2D eigenvalue weighted by atomic mass is 32.2. The Bertz CT molecular complexity index is 513. The van der Waals surface area contributed by atoms with Gasteiger partial charge in [0.25, 0.3) is 0 Å². The fraction of sp³-hybridized carbons (Fsp3) is 0.200. The van der Waals surface area contributed by atoms with Gasteiger partial charge in [0, 0.05) is 0 Å². The van der Waals surface area contributed by atoms with Crippen LogP contribution < -0.4 is 0 Å². The van der Waals surface area contributed by atoms with Gasteiger partial charge in [0.2, 0.25) is 9.84 Å². The Kier molecular flexibility index (Phi) is 7.72. The first-order valence-corrected chi connectivity index (χ1v) is 7.19. The van der Waals surface area contributed by atoms with Crippen molar-refractivity contribution in [3.63, 3.8) is 0 Å². The highest BCUT2D eigenvalue weighted by Gasteiger charge is 2.18. The van der Waals surface area contributed by atoms with Gasteiger partial charge in [-0.2, -0.15) is 0 Å². The van der Waals surface area contributed by atoms with Crippen molar-refractivity contribution >= 4 is 9.84 Å². The Balaban J connectivity index is 5.70. The molecule has 0 fully saturated rings. The molecule has 0 rings (SSSR count). The Morgan fingerprint density at radius 2 is 1.61 bits per heavy atom. The van der Waals surface area contributed by atoms with Gasteiger partial charge in [-0.1, -0.05) is 43.0 Å². The van der Waals surface area contributed by atoms with Gasteiger partial charge in [0.05, 0.1) is 9.81 Å². The van der Waals surface area contributed by atoms with Crippen molar-refractivity contribution in [2.45, 2.75) is 20.8 Å². The first kappa shape index (κ1) is 16.4. The summed E-state index contributed by atoms with van der Waals surface area (Å²) < 4.78 is 24.7. The van der Waals surface area contributed by atoms with E-state index in [0.717, 1.165) is 0 Å². The fourth-order valence-electron chi connectivity index (χ4n) is 1.23. The standard InChI is InChI=1S/C15H20O2S/c1-5-9-12-14(8-4)18(16,17)15(11-7-3)13-10-6-2/h5-13H,1H2,2-4H3/b10-6-,11-7-,12-9-,14-8+,15-13+. The van der Waals surface area contributed by atoms with E-state index in [1.807, 2.05) is 6.92 Å². The summed E-state index contributed by atoms with van der Waals surface area (Å²) in [5, 5.41) is 0. The van der Waals surface area contributed by atoms with Crippen molar-refractivity contribution < 1.29 is 8.42 Å². The van der Waals surface area contributed by atoms with Crippen LogP contribution in [0.25, 0.3) is 0 Å². The minimum atomic E-state index is -3.47. The van der Waals surface area contributed by atoms with Gasteiger partial charge in [0.1, 0.15) is 0 Å². The van der Waals surface area contributed by atoms with Gasteiger partial charge < -0.3 is 0 Å². The maximum atomic E-state index is 12.4. The van der Waals surface area contributed by atoms with E-state index < -0.39 is 9.84 Å². The van der Waals surface area contributed by atoms with Gasteiger partial charge in [-0.25, -0.2) is 8.42 Å². The number of allylic oxidation sites excluding steroid dienone is 9. The van der Waals surface area contributed by atoms with Gasteiger partial charge in [-0.05, 0) is 39.0 Å². The second kappa shape index (κ2) is 8.48. The van der Waals surface area contributed by atoms with Crippen molar-refractivity contribution in [2.24, 2.45) is 0 Å². The van der Waals surface area contributed by atoms with Crippen LogP contribution >= 0.6 is 0 Å². The van der Waals surface area contributed by atoms with Crippen LogP contribution in [0.15, 0.2) is 71.1 Å². The second-order valence-electron chi connectivity index (χ2n) is 3.38. The molecule has 0 aromatic carbocycles. The highest BCUT2D eigenvalue weighted by Crippen LogP contribution is 2.20. The molecule has 0 atom stereocenters. The molecule has 0 aliphatic heterocycles. The van der Waals surface area contributed by atoms with Crippen molar-refractivity contribution in [3.05, 3.63) is 71.1 Å². The third-order valence-corrected chi connectivity index (χ3v) is 3.97. The predicted octanol–water partition coefficient (Wildman–Crippen LogP) is 4.08. The molecule has 0 N–H and O–H groups in total. The third-order valence-electron chi connectivity index (χ3n) is 2.09. The maximum absolute atomic E-state index is 12.4. The quantitative estimate of drug-likeness (QED) is 0.677. The zero-order chi connectivity index (χ0) is 14.0. The smallest absolute Gasteiger partial charge is 0.206 e. The lowest BCUT2D eigenvalue weighted by atomic mass is 10.4. The lowest BCUT2D eigenvalue weighted by Crippen LogP contribution is -2.04. The van der Waals surface area contributed by atoms with Crippen LogP contribution in [-0.2, 0) is 9.84 Å². The predicted molar refractivity (Wildman–Crippen MR) is 79.7 cm³/mol. The van der Waals surface area contributed by atoms with E-state index in [1.54, 1.807) is 62.5 Å². The molecule has 0 unspecified atom stereocenters. The Labute approximate surface area is 110 Å². The molecular weight excluding hydrogens is 244 g/mol. The lowest BCUT2D eigenvalue weighted by Gasteiger charge is -2.05. The SMILES string of the molecule is C=C/C=C\C(=C/C)S(=O)(=O)C(/C=C\C)=C/C=C\C. The minimum Gasteiger partial charge on any atom is -0.219 e. The lowest BCUT2D eigenvalue weighted by molar-refractivity contribution is 0.609. The van der Waals surface area contributed by atoms with Gasteiger partial charge in [-0.15, -0.1) is 0 Å². The highest BCUT2D eigenvalue weighted by molar-refractivity contribution is 7.99. The molecule has 0 amide bonds. The average Bonchev–Trinajstić information content (AvgIpc) is 2.35. The summed E-state index contributed by atoms with van der Waals surface area (Å²) >= 11 is 0. The molecule has 98 valence electrons. The van der Waals surface area contributed by atoms with Gasteiger partial charge in [-0.3, -0.25) is 0 Å². The summed E-state index contributed by atoms with van der Waals surface area (Å²) in [5.41, 5.74) is 0. The number of sulfone groups is 1. The van der Waals surface area contributed by atoms with Crippen molar-refractivity contribution in [1.82, 2.24) is 0 Å². The molecule has 18 heavy (non-hydrogen) atoms. The van der Waals surface area contributed by atoms with Crippen LogP contribution in [0.3, 0.4) is 0 Å². The molecule has 0 saturated carbocycles. The molecule has 0 heterocycles. The van der Waals surface area contributed by atoms with E-state index in [9.17, 15) is 8.42 Å². The average molecular weight is 264 g/mol.